The first-order valence-electron chi connectivity index (χ1n) is 7.15. The van der Waals surface area contributed by atoms with Crippen molar-refractivity contribution in [2.24, 2.45) is 0 Å². The zero-order valence-corrected chi connectivity index (χ0v) is 11.7. The van der Waals surface area contributed by atoms with E-state index in [1.54, 1.807) is 6.07 Å². The lowest BCUT2D eigenvalue weighted by Gasteiger charge is -2.22. The normalized spacial score (nSPS) is 16.3. The monoisotopic (exact) mass is 262 g/mol. The number of carbonyl (C=O) groups is 1. The molecule has 0 spiro atoms. The predicted octanol–water partition coefficient (Wildman–Crippen LogP) is 2.31. The average molecular weight is 262 g/mol. The molecular weight excluding hydrogens is 240 g/mol. The third-order valence-corrected chi connectivity index (χ3v) is 3.88. The molecule has 0 unspecified atom stereocenters. The molecule has 1 saturated carbocycles. The number of H-pyrrole nitrogens is 1. The topological polar surface area (TPSA) is 62.0 Å². The summed E-state index contributed by atoms with van der Waals surface area (Å²) in [5.74, 6) is -0.237. The van der Waals surface area contributed by atoms with Gasteiger partial charge in [-0.2, -0.15) is 0 Å². The second-order valence-corrected chi connectivity index (χ2v) is 5.34. The molecule has 19 heavy (non-hydrogen) atoms. The Bertz CT molecular complexity index is 513. The molecule has 0 radical (unpaired) electrons. The number of hydrogen-bond acceptors (Lipinski definition) is 2. The minimum Gasteiger partial charge on any atom is -0.349 e. The molecule has 0 aliphatic heterocycles. The lowest BCUT2D eigenvalue weighted by molar-refractivity contribution is 0.0926. The van der Waals surface area contributed by atoms with E-state index in [9.17, 15) is 9.59 Å². The van der Waals surface area contributed by atoms with Crippen LogP contribution in [0.5, 0.6) is 0 Å². The first kappa shape index (κ1) is 13.8. The van der Waals surface area contributed by atoms with E-state index in [-0.39, 0.29) is 23.1 Å². The molecule has 1 aromatic rings. The number of nitrogens with one attached hydrogen (secondary N) is 2. The number of aryl methyl sites for hydroxylation is 2. The molecule has 2 rings (SSSR count). The van der Waals surface area contributed by atoms with Gasteiger partial charge >= 0.3 is 0 Å². The molecule has 2 N–H and O–H groups in total. The lowest BCUT2D eigenvalue weighted by Crippen LogP contribution is -2.38. The van der Waals surface area contributed by atoms with Crippen LogP contribution in [0.25, 0.3) is 0 Å². The summed E-state index contributed by atoms with van der Waals surface area (Å²) in [4.78, 5) is 26.9. The lowest BCUT2D eigenvalue weighted by atomic mass is 9.95. The van der Waals surface area contributed by atoms with Crippen molar-refractivity contribution >= 4 is 5.91 Å². The zero-order chi connectivity index (χ0) is 13.8. The van der Waals surface area contributed by atoms with Crippen molar-refractivity contribution in [2.75, 3.05) is 0 Å². The van der Waals surface area contributed by atoms with E-state index in [0.29, 0.717) is 0 Å². The first-order valence-corrected chi connectivity index (χ1v) is 7.15. The fourth-order valence-corrected chi connectivity index (χ4v) is 2.72. The zero-order valence-electron chi connectivity index (χ0n) is 11.7. The molecule has 1 heterocycles. The molecule has 1 aliphatic rings. The van der Waals surface area contributed by atoms with Crippen molar-refractivity contribution < 1.29 is 4.79 Å². The highest BCUT2D eigenvalue weighted by Gasteiger charge is 2.19. The van der Waals surface area contributed by atoms with Crippen LogP contribution >= 0.6 is 0 Å². The number of aromatic nitrogens is 1. The molecule has 4 heteroatoms. The third-order valence-electron chi connectivity index (χ3n) is 3.88. The van der Waals surface area contributed by atoms with Gasteiger partial charge in [-0.3, -0.25) is 9.59 Å². The highest BCUT2D eigenvalue weighted by Crippen LogP contribution is 2.17. The average Bonchev–Trinajstić information content (AvgIpc) is 2.42. The Morgan fingerprint density at radius 3 is 2.68 bits per heavy atom. The van der Waals surface area contributed by atoms with Crippen LogP contribution < -0.4 is 10.9 Å². The second-order valence-electron chi connectivity index (χ2n) is 5.34. The summed E-state index contributed by atoms with van der Waals surface area (Å²) < 4.78 is 0. The Morgan fingerprint density at radius 2 is 2.05 bits per heavy atom. The van der Waals surface area contributed by atoms with E-state index in [2.05, 4.69) is 10.3 Å². The highest BCUT2D eigenvalue weighted by atomic mass is 16.2. The van der Waals surface area contributed by atoms with Crippen molar-refractivity contribution in [1.82, 2.24) is 10.3 Å². The number of carbonyl (C=O) groups excluding carboxylic acids is 1. The Hall–Kier alpha value is -1.58. The summed E-state index contributed by atoms with van der Waals surface area (Å²) in [6, 6.07) is 1.93. The summed E-state index contributed by atoms with van der Waals surface area (Å²) in [6.45, 7) is 3.91. The van der Waals surface area contributed by atoms with Crippen molar-refractivity contribution in [3.05, 3.63) is 33.2 Å². The maximum atomic E-state index is 12.2. The van der Waals surface area contributed by atoms with Gasteiger partial charge < -0.3 is 10.3 Å². The molecule has 4 nitrogen and oxygen atoms in total. The van der Waals surface area contributed by atoms with E-state index < -0.39 is 0 Å². The van der Waals surface area contributed by atoms with Crippen LogP contribution in [-0.4, -0.2) is 16.9 Å². The Kier molecular flexibility index (Phi) is 4.40. The molecule has 1 fully saturated rings. The van der Waals surface area contributed by atoms with Crippen LogP contribution in [0, 0.1) is 6.92 Å². The molecule has 1 aromatic heterocycles. The Morgan fingerprint density at radius 1 is 1.37 bits per heavy atom. The van der Waals surface area contributed by atoms with Crippen LogP contribution in [0.2, 0.25) is 0 Å². The standard InChI is InChI=1S/C15H22N2O2/c1-3-13-10(2)9-12(15(19)17-13)14(18)16-11-7-5-4-6-8-11/h9,11H,3-8H2,1-2H3,(H,16,18)(H,17,19). The van der Waals surface area contributed by atoms with E-state index in [1.807, 2.05) is 13.8 Å². The van der Waals surface area contributed by atoms with E-state index in [4.69, 9.17) is 0 Å². The minimum absolute atomic E-state index is 0.229. The van der Waals surface area contributed by atoms with E-state index >= 15 is 0 Å². The number of hydrogen-bond donors (Lipinski definition) is 2. The Balaban J connectivity index is 2.14. The first-order chi connectivity index (χ1) is 9.11. The SMILES string of the molecule is CCc1[nH]c(=O)c(C(=O)NC2CCCCC2)cc1C. The quantitative estimate of drug-likeness (QED) is 0.878. The maximum Gasteiger partial charge on any atom is 0.261 e. The second kappa shape index (κ2) is 6.04. The molecule has 1 aliphatic carbocycles. The van der Waals surface area contributed by atoms with Crippen LogP contribution in [0.1, 0.15) is 60.6 Å². The maximum absolute atomic E-state index is 12.2. The Labute approximate surface area is 113 Å². The minimum atomic E-state index is -0.282. The number of rotatable bonds is 3. The van der Waals surface area contributed by atoms with Crippen molar-refractivity contribution in [3.8, 4) is 0 Å². The molecule has 0 saturated heterocycles. The number of aromatic amines is 1. The molecule has 104 valence electrons. The highest BCUT2D eigenvalue weighted by molar-refractivity contribution is 5.94. The molecule has 0 aromatic carbocycles. The predicted molar refractivity (Wildman–Crippen MR) is 75.5 cm³/mol. The van der Waals surface area contributed by atoms with Crippen molar-refractivity contribution in [3.63, 3.8) is 0 Å². The van der Waals surface area contributed by atoms with Gasteiger partial charge in [0, 0.05) is 11.7 Å². The van der Waals surface area contributed by atoms with Gasteiger partial charge in [0.25, 0.3) is 11.5 Å². The molecular formula is C15H22N2O2. The van der Waals surface area contributed by atoms with Gasteiger partial charge in [-0.1, -0.05) is 26.2 Å². The van der Waals surface area contributed by atoms with Gasteiger partial charge in [-0.25, -0.2) is 0 Å². The summed E-state index contributed by atoms with van der Waals surface area (Å²) >= 11 is 0. The largest absolute Gasteiger partial charge is 0.349 e. The smallest absolute Gasteiger partial charge is 0.261 e. The van der Waals surface area contributed by atoms with E-state index in [1.165, 1.54) is 6.42 Å². The third kappa shape index (κ3) is 3.25. The van der Waals surface area contributed by atoms with Gasteiger partial charge in [0.05, 0.1) is 0 Å². The van der Waals surface area contributed by atoms with Gasteiger partial charge in [0.1, 0.15) is 5.56 Å². The van der Waals surface area contributed by atoms with Gasteiger partial charge in [-0.05, 0) is 37.8 Å². The van der Waals surface area contributed by atoms with Crippen molar-refractivity contribution in [2.45, 2.75) is 58.4 Å². The number of pyridine rings is 1. The fraction of sp³-hybridized carbons (Fsp3) is 0.600. The summed E-state index contributed by atoms with van der Waals surface area (Å²) in [6.07, 6.45) is 6.39. The van der Waals surface area contributed by atoms with E-state index in [0.717, 1.165) is 43.4 Å². The van der Waals surface area contributed by atoms with Gasteiger partial charge in [0.15, 0.2) is 0 Å². The van der Waals surface area contributed by atoms with Crippen LogP contribution in [-0.2, 0) is 6.42 Å². The van der Waals surface area contributed by atoms with Crippen LogP contribution in [0.15, 0.2) is 10.9 Å². The van der Waals surface area contributed by atoms with Gasteiger partial charge in [-0.15, -0.1) is 0 Å². The summed E-state index contributed by atoms with van der Waals surface area (Å²) in [5.41, 5.74) is 1.83. The fourth-order valence-electron chi connectivity index (χ4n) is 2.72. The van der Waals surface area contributed by atoms with Crippen LogP contribution in [0.3, 0.4) is 0 Å². The summed E-state index contributed by atoms with van der Waals surface area (Å²) in [5, 5.41) is 2.98. The van der Waals surface area contributed by atoms with Crippen LogP contribution in [0.4, 0.5) is 0 Å². The molecule has 0 bridgehead atoms. The molecule has 0 atom stereocenters. The van der Waals surface area contributed by atoms with Crippen molar-refractivity contribution in [1.29, 1.82) is 0 Å². The molecule has 1 amide bonds. The summed E-state index contributed by atoms with van der Waals surface area (Å²) in [7, 11) is 0. The van der Waals surface area contributed by atoms with Gasteiger partial charge in [0.2, 0.25) is 0 Å². The number of amides is 1.